The van der Waals surface area contributed by atoms with Gasteiger partial charge in [-0.2, -0.15) is 8.78 Å². The minimum absolute atomic E-state index is 0.101. The van der Waals surface area contributed by atoms with Gasteiger partial charge in [0, 0.05) is 6.54 Å². The van der Waals surface area contributed by atoms with Crippen molar-refractivity contribution >= 4 is 5.91 Å². The Morgan fingerprint density at radius 1 is 1.08 bits per heavy atom. The van der Waals surface area contributed by atoms with Gasteiger partial charge >= 0.3 is 6.61 Å². The SMILES string of the molecule is COc1cccc(C(=O)NCCc2ccc(OC(F)F)cc2)c1OC. The van der Waals surface area contributed by atoms with Gasteiger partial charge in [-0.05, 0) is 36.2 Å². The van der Waals surface area contributed by atoms with E-state index in [2.05, 4.69) is 10.1 Å². The van der Waals surface area contributed by atoms with Crippen molar-refractivity contribution in [3.05, 3.63) is 53.6 Å². The first-order valence-corrected chi connectivity index (χ1v) is 7.58. The fourth-order valence-electron chi connectivity index (χ4n) is 2.32. The summed E-state index contributed by atoms with van der Waals surface area (Å²) in [6.45, 7) is -2.46. The van der Waals surface area contributed by atoms with E-state index in [0.29, 0.717) is 30.0 Å². The Hall–Kier alpha value is -2.83. The molecule has 1 N–H and O–H groups in total. The van der Waals surface area contributed by atoms with Crippen molar-refractivity contribution in [3.8, 4) is 17.2 Å². The summed E-state index contributed by atoms with van der Waals surface area (Å²) in [5, 5.41) is 2.79. The number of nitrogens with one attached hydrogen (secondary N) is 1. The zero-order valence-electron chi connectivity index (χ0n) is 13.9. The van der Waals surface area contributed by atoms with Crippen LogP contribution in [0.5, 0.6) is 17.2 Å². The van der Waals surface area contributed by atoms with Crippen LogP contribution in [-0.2, 0) is 6.42 Å². The molecule has 0 radical (unpaired) electrons. The van der Waals surface area contributed by atoms with Crippen LogP contribution >= 0.6 is 0 Å². The van der Waals surface area contributed by atoms with Crippen molar-refractivity contribution in [2.24, 2.45) is 0 Å². The number of carbonyl (C=O) groups is 1. The van der Waals surface area contributed by atoms with E-state index in [0.717, 1.165) is 5.56 Å². The molecule has 0 aliphatic heterocycles. The molecule has 2 aromatic carbocycles. The summed E-state index contributed by atoms with van der Waals surface area (Å²) in [6.07, 6.45) is 0.549. The summed E-state index contributed by atoms with van der Waals surface area (Å²) < 4.78 is 38.9. The number of para-hydroxylation sites is 1. The molecule has 0 saturated heterocycles. The molecule has 0 saturated carbocycles. The number of alkyl halides is 2. The normalized spacial score (nSPS) is 10.4. The Morgan fingerprint density at radius 3 is 2.40 bits per heavy atom. The molecule has 0 unspecified atom stereocenters. The number of hydrogen-bond donors (Lipinski definition) is 1. The third kappa shape index (κ3) is 5.07. The van der Waals surface area contributed by atoms with Crippen molar-refractivity contribution in [1.29, 1.82) is 0 Å². The van der Waals surface area contributed by atoms with E-state index in [9.17, 15) is 13.6 Å². The van der Waals surface area contributed by atoms with Gasteiger partial charge in [-0.25, -0.2) is 0 Å². The smallest absolute Gasteiger partial charge is 0.387 e. The molecule has 0 aliphatic carbocycles. The van der Waals surface area contributed by atoms with Gasteiger partial charge in [0.2, 0.25) is 0 Å². The lowest BCUT2D eigenvalue weighted by atomic mass is 10.1. The molecule has 0 fully saturated rings. The zero-order valence-corrected chi connectivity index (χ0v) is 13.9. The second-order valence-corrected chi connectivity index (χ2v) is 5.07. The van der Waals surface area contributed by atoms with Gasteiger partial charge in [-0.1, -0.05) is 18.2 Å². The largest absolute Gasteiger partial charge is 0.493 e. The van der Waals surface area contributed by atoms with Gasteiger partial charge in [-0.3, -0.25) is 4.79 Å². The van der Waals surface area contributed by atoms with Gasteiger partial charge in [0.15, 0.2) is 11.5 Å². The second kappa shape index (κ2) is 8.86. The summed E-state index contributed by atoms with van der Waals surface area (Å²) >= 11 is 0. The predicted molar refractivity (Wildman–Crippen MR) is 88.7 cm³/mol. The maximum Gasteiger partial charge on any atom is 0.387 e. The molecule has 0 spiro atoms. The molecule has 0 heterocycles. The molecule has 7 heteroatoms. The zero-order chi connectivity index (χ0) is 18.2. The number of halogens is 2. The van der Waals surface area contributed by atoms with Crippen LogP contribution in [0.1, 0.15) is 15.9 Å². The number of methoxy groups -OCH3 is 2. The molecule has 0 aromatic heterocycles. The first-order chi connectivity index (χ1) is 12.0. The standard InChI is InChI=1S/C18H19F2NO4/c1-23-15-5-3-4-14(16(15)24-2)17(22)21-11-10-12-6-8-13(9-7-12)25-18(19)20/h3-9,18H,10-11H2,1-2H3,(H,21,22). The Balaban J connectivity index is 1.92. The molecule has 2 aromatic rings. The van der Waals surface area contributed by atoms with E-state index in [4.69, 9.17) is 9.47 Å². The van der Waals surface area contributed by atoms with E-state index in [1.54, 1.807) is 30.3 Å². The number of amides is 1. The Morgan fingerprint density at radius 2 is 1.80 bits per heavy atom. The molecular formula is C18H19F2NO4. The second-order valence-electron chi connectivity index (χ2n) is 5.07. The Kier molecular flexibility index (Phi) is 6.56. The minimum Gasteiger partial charge on any atom is -0.493 e. The molecule has 0 bridgehead atoms. The van der Waals surface area contributed by atoms with Crippen molar-refractivity contribution in [1.82, 2.24) is 5.32 Å². The molecule has 134 valence electrons. The van der Waals surface area contributed by atoms with E-state index < -0.39 is 6.61 Å². The topological polar surface area (TPSA) is 56.8 Å². The molecule has 1 amide bonds. The highest BCUT2D eigenvalue weighted by molar-refractivity contribution is 5.97. The highest BCUT2D eigenvalue weighted by Crippen LogP contribution is 2.30. The van der Waals surface area contributed by atoms with E-state index in [-0.39, 0.29) is 11.7 Å². The minimum atomic E-state index is -2.84. The number of ether oxygens (including phenoxy) is 3. The van der Waals surface area contributed by atoms with Gasteiger partial charge in [0.05, 0.1) is 19.8 Å². The van der Waals surface area contributed by atoms with Crippen molar-refractivity contribution in [2.45, 2.75) is 13.0 Å². The first-order valence-electron chi connectivity index (χ1n) is 7.58. The van der Waals surface area contributed by atoms with Crippen LogP contribution in [0.2, 0.25) is 0 Å². The summed E-state index contributed by atoms with van der Waals surface area (Å²) in [5.74, 6) is 0.665. The lowest BCUT2D eigenvalue weighted by molar-refractivity contribution is -0.0498. The average molecular weight is 351 g/mol. The summed E-state index contributed by atoms with van der Waals surface area (Å²) in [7, 11) is 2.97. The summed E-state index contributed by atoms with van der Waals surface area (Å²) in [6, 6.07) is 11.3. The number of rotatable bonds is 8. The fraction of sp³-hybridized carbons (Fsp3) is 0.278. The average Bonchev–Trinajstić information content (AvgIpc) is 2.61. The van der Waals surface area contributed by atoms with Crippen LogP contribution in [0.3, 0.4) is 0 Å². The molecule has 5 nitrogen and oxygen atoms in total. The number of hydrogen-bond acceptors (Lipinski definition) is 4. The molecule has 0 atom stereocenters. The van der Waals surface area contributed by atoms with E-state index >= 15 is 0 Å². The van der Waals surface area contributed by atoms with Gasteiger partial charge in [0.25, 0.3) is 5.91 Å². The first kappa shape index (κ1) is 18.5. The highest BCUT2D eigenvalue weighted by atomic mass is 19.3. The predicted octanol–water partition coefficient (Wildman–Crippen LogP) is 3.28. The summed E-state index contributed by atoms with van der Waals surface area (Å²) in [4.78, 5) is 12.3. The lowest BCUT2D eigenvalue weighted by Crippen LogP contribution is -2.26. The van der Waals surface area contributed by atoms with E-state index in [1.807, 2.05) is 0 Å². The van der Waals surface area contributed by atoms with Crippen molar-refractivity contribution < 1.29 is 27.8 Å². The van der Waals surface area contributed by atoms with Crippen LogP contribution in [0, 0.1) is 0 Å². The fourth-order valence-corrected chi connectivity index (χ4v) is 2.32. The molecular weight excluding hydrogens is 332 g/mol. The summed E-state index contributed by atoms with van der Waals surface area (Å²) in [5.41, 5.74) is 1.27. The quantitative estimate of drug-likeness (QED) is 0.793. The third-order valence-corrected chi connectivity index (χ3v) is 3.50. The Labute approximate surface area is 144 Å². The molecule has 25 heavy (non-hydrogen) atoms. The van der Waals surface area contributed by atoms with Crippen LogP contribution < -0.4 is 19.5 Å². The van der Waals surface area contributed by atoms with Gasteiger partial charge < -0.3 is 19.5 Å². The lowest BCUT2D eigenvalue weighted by Gasteiger charge is -2.12. The van der Waals surface area contributed by atoms with Crippen LogP contribution in [0.15, 0.2) is 42.5 Å². The van der Waals surface area contributed by atoms with Crippen LogP contribution in [0.4, 0.5) is 8.78 Å². The molecule has 0 aliphatic rings. The highest BCUT2D eigenvalue weighted by Gasteiger charge is 2.15. The maximum atomic E-state index is 12.3. The molecule has 2 rings (SSSR count). The van der Waals surface area contributed by atoms with Crippen LogP contribution in [-0.4, -0.2) is 33.3 Å². The number of carbonyl (C=O) groups excluding carboxylic acids is 1. The maximum absolute atomic E-state index is 12.3. The van der Waals surface area contributed by atoms with Crippen molar-refractivity contribution in [2.75, 3.05) is 20.8 Å². The van der Waals surface area contributed by atoms with E-state index in [1.165, 1.54) is 26.4 Å². The third-order valence-electron chi connectivity index (χ3n) is 3.50. The van der Waals surface area contributed by atoms with Crippen molar-refractivity contribution in [3.63, 3.8) is 0 Å². The monoisotopic (exact) mass is 351 g/mol. The van der Waals surface area contributed by atoms with Gasteiger partial charge in [0.1, 0.15) is 5.75 Å². The number of benzene rings is 2. The Bertz CT molecular complexity index is 705. The van der Waals surface area contributed by atoms with Crippen LogP contribution in [0.25, 0.3) is 0 Å². The van der Waals surface area contributed by atoms with Gasteiger partial charge in [-0.15, -0.1) is 0 Å².